The summed E-state index contributed by atoms with van der Waals surface area (Å²) in [6.07, 6.45) is 0. The molecule has 1 fully saturated rings. The Kier molecular flexibility index (Phi) is 5.52. The second kappa shape index (κ2) is 8.37. The third kappa shape index (κ3) is 3.74. The van der Waals surface area contributed by atoms with Gasteiger partial charge in [0.05, 0.1) is 21.8 Å². The first-order valence-electron chi connectivity index (χ1n) is 11.1. The first kappa shape index (κ1) is 21.8. The van der Waals surface area contributed by atoms with E-state index in [0.29, 0.717) is 47.8 Å². The number of para-hydroxylation sites is 1. The highest BCUT2D eigenvalue weighted by Crippen LogP contribution is 2.28. The van der Waals surface area contributed by atoms with Crippen LogP contribution in [0.3, 0.4) is 0 Å². The molecule has 0 N–H and O–H groups in total. The van der Waals surface area contributed by atoms with Crippen molar-refractivity contribution < 1.29 is 8.42 Å². The number of fused-ring (bicyclic) bond motifs is 2. The van der Waals surface area contributed by atoms with Crippen molar-refractivity contribution >= 4 is 31.7 Å². The van der Waals surface area contributed by atoms with Crippen molar-refractivity contribution in [2.75, 3.05) is 26.2 Å². The average Bonchev–Trinajstić information content (AvgIpc) is 2.85. The summed E-state index contributed by atoms with van der Waals surface area (Å²) in [4.78, 5) is 20.1. The molecule has 0 amide bonds. The van der Waals surface area contributed by atoms with E-state index in [1.54, 1.807) is 34.1 Å². The van der Waals surface area contributed by atoms with Crippen LogP contribution in [0.5, 0.6) is 0 Å². The van der Waals surface area contributed by atoms with Crippen LogP contribution in [0.2, 0.25) is 0 Å². The quantitative estimate of drug-likeness (QED) is 0.466. The number of aromatic nitrogens is 2. The van der Waals surface area contributed by atoms with E-state index in [-0.39, 0.29) is 11.6 Å². The van der Waals surface area contributed by atoms with E-state index in [1.165, 1.54) is 0 Å². The molecule has 2 heterocycles. The molecule has 0 saturated carbocycles. The lowest BCUT2D eigenvalue weighted by Crippen LogP contribution is -2.49. The predicted molar refractivity (Wildman–Crippen MR) is 130 cm³/mol. The van der Waals surface area contributed by atoms with Gasteiger partial charge >= 0.3 is 0 Å². The van der Waals surface area contributed by atoms with Crippen molar-refractivity contribution in [3.8, 4) is 0 Å². The average molecular weight is 463 g/mol. The van der Waals surface area contributed by atoms with Crippen LogP contribution in [0.4, 0.5) is 0 Å². The number of benzene rings is 3. The van der Waals surface area contributed by atoms with Gasteiger partial charge in [0, 0.05) is 38.6 Å². The monoisotopic (exact) mass is 462 g/mol. The predicted octanol–water partition coefficient (Wildman–Crippen LogP) is 3.15. The third-order valence-electron chi connectivity index (χ3n) is 6.58. The molecule has 5 rings (SSSR count). The molecule has 33 heavy (non-hydrogen) atoms. The molecule has 0 aliphatic carbocycles. The van der Waals surface area contributed by atoms with Crippen molar-refractivity contribution in [2.45, 2.75) is 17.9 Å². The first-order chi connectivity index (χ1) is 15.9. The smallest absolute Gasteiger partial charge is 0.261 e. The topological polar surface area (TPSA) is 75.5 Å². The standard InChI is InChI=1S/C25H26N4O3S/c1-18(24-26-22-12-6-5-11-21(22)25(30)27(24)2)28-14-16-29(17-15-28)33(31,32)23-13-7-9-19-8-3-4-10-20(19)23/h3-13,18H,14-17H2,1-2H3. The fourth-order valence-electron chi connectivity index (χ4n) is 4.66. The van der Waals surface area contributed by atoms with Crippen LogP contribution in [0.15, 0.2) is 76.4 Å². The van der Waals surface area contributed by atoms with Crippen LogP contribution in [0.25, 0.3) is 21.7 Å². The molecule has 8 heteroatoms. The van der Waals surface area contributed by atoms with Gasteiger partial charge in [-0.15, -0.1) is 0 Å². The lowest BCUT2D eigenvalue weighted by Gasteiger charge is -2.37. The fraction of sp³-hybridized carbons (Fsp3) is 0.280. The second-order valence-corrected chi connectivity index (χ2v) is 10.4. The highest BCUT2D eigenvalue weighted by molar-refractivity contribution is 7.89. The first-order valence-corrected chi connectivity index (χ1v) is 12.5. The molecule has 3 aromatic carbocycles. The fourth-order valence-corrected chi connectivity index (χ4v) is 6.30. The summed E-state index contributed by atoms with van der Waals surface area (Å²) in [7, 11) is -1.87. The van der Waals surface area contributed by atoms with Crippen molar-refractivity contribution in [1.82, 2.24) is 18.8 Å². The highest BCUT2D eigenvalue weighted by atomic mass is 32.2. The Morgan fingerprint density at radius 3 is 2.24 bits per heavy atom. The SMILES string of the molecule is CC(c1nc2ccccc2c(=O)n1C)N1CCN(S(=O)(=O)c2cccc3ccccc23)CC1. The Labute approximate surface area is 192 Å². The summed E-state index contributed by atoms with van der Waals surface area (Å²) in [5, 5.41) is 2.25. The molecule has 7 nitrogen and oxygen atoms in total. The van der Waals surface area contributed by atoms with Crippen molar-refractivity contribution in [3.63, 3.8) is 0 Å². The molecule has 170 valence electrons. The Bertz CT molecular complexity index is 1500. The molecular weight excluding hydrogens is 436 g/mol. The number of nitrogens with zero attached hydrogens (tertiary/aromatic N) is 4. The van der Waals surface area contributed by atoms with Crippen LogP contribution in [0.1, 0.15) is 18.8 Å². The summed E-state index contributed by atoms with van der Waals surface area (Å²) in [6, 6.07) is 20.2. The van der Waals surface area contributed by atoms with Crippen LogP contribution in [-0.2, 0) is 17.1 Å². The summed E-state index contributed by atoms with van der Waals surface area (Å²) in [5.74, 6) is 0.684. The summed E-state index contributed by atoms with van der Waals surface area (Å²) < 4.78 is 30.0. The highest BCUT2D eigenvalue weighted by Gasteiger charge is 2.32. The summed E-state index contributed by atoms with van der Waals surface area (Å²) in [5.41, 5.74) is 0.610. The number of rotatable bonds is 4. The van der Waals surface area contributed by atoms with Crippen LogP contribution in [-0.4, -0.2) is 53.4 Å². The van der Waals surface area contributed by atoms with Gasteiger partial charge in [0.1, 0.15) is 5.82 Å². The molecule has 0 bridgehead atoms. The van der Waals surface area contributed by atoms with Crippen molar-refractivity contribution in [3.05, 3.63) is 82.9 Å². The molecule has 1 aliphatic heterocycles. The molecule has 1 aromatic heterocycles. The normalized spacial score (nSPS) is 16.9. The maximum Gasteiger partial charge on any atom is 0.261 e. The van der Waals surface area contributed by atoms with Crippen LogP contribution >= 0.6 is 0 Å². The second-order valence-electron chi connectivity index (χ2n) is 8.44. The molecule has 0 spiro atoms. The maximum atomic E-state index is 13.4. The van der Waals surface area contributed by atoms with Crippen molar-refractivity contribution in [1.29, 1.82) is 0 Å². The number of hydrogen-bond acceptors (Lipinski definition) is 5. The van der Waals surface area contributed by atoms with E-state index in [0.717, 1.165) is 10.8 Å². The van der Waals surface area contributed by atoms with Gasteiger partial charge in [0.2, 0.25) is 10.0 Å². The lowest BCUT2D eigenvalue weighted by atomic mass is 10.1. The molecule has 1 saturated heterocycles. The zero-order valence-electron chi connectivity index (χ0n) is 18.7. The third-order valence-corrected chi connectivity index (χ3v) is 8.54. The van der Waals surface area contributed by atoms with Gasteiger partial charge < -0.3 is 0 Å². The van der Waals surface area contributed by atoms with Gasteiger partial charge in [0.15, 0.2) is 0 Å². The molecular formula is C25H26N4O3S. The summed E-state index contributed by atoms with van der Waals surface area (Å²) >= 11 is 0. The molecule has 0 radical (unpaired) electrons. The molecule has 1 unspecified atom stereocenters. The van der Waals surface area contributed by atoms with E-state index in [4.69, 9.17) is 4.98 Å². The van der Waals surface area contributed by atoms with Gasteiger partial charge in [-0.1, -0.05) is 48.5 Å². The lowest BCUT2D eigenvalue weighted by molar-refractivity contribution is 0.139. The Morgan fingerprint density at radius 1 is 0.848 bits per heavy atom. The van der Waals surface area contributed by atoms with E-state index in [2.05, 4.69) is 4.90 Å². The van der Waals surface area contributed by atoms with Crippen molar-refractivity contribution in [2.24, 2.45) is 7.05 Å². The van der Waals surface area contributed by atoms with E-state index in [9.17, 15) is 13.2 Å². The summed E-state index contributed by atoms with van der Waals surface area (Å²) in [6.45, 7) is 3.92. The zero-order chi connectivity index (χ0) is 23.2. The maximum absolute atomic E-state index is 13.4. The van der Waals surface area contributed by atoms with Crippen LogP contribution < -0.4 is 5.56 Å². The Morgan fingerprint density at radius 2 is 1.48 bits per heavy atom. The molecule has 1 aliphatic rings. The van der Waals surface area contributed by atoms with Gasteiger partial charge in [-0.25, -0.2) is 13.4 Å². The zero-order valence-corrected chi connectivity index (χ0v) is 19.5. The Balaban J connectivity index is 1.39. The minimum Gasteiger partial charge on any atom is -0.298 e. The van der Waals surface area contributed by atoms with Gasteiger partial charge in [-0.3, -0.25) is 14.3 Å². The minimum atomic E-state index is -3.61. The molecule has 4 aromatic rings. The number of hydrogen-bond donors (Lipinski definition) is 0. The number of piperazine rings is 1. The van der Waals surface area contributed by atoms with Crippen LogP contribution in [0, 0.1) is 0 Å². The van der Waals surface area contributed by atoms with Gasteiger partial charge in [-0.05, 0) is 30.5 Å². The van der Waals surface area contributed by atoms with Gasteiger partial charge in [0.25, 0.3) is 5.56 Å². The Hall–Kier alpha value is -3.07. The largest absolute Gasteiger partial charge is 0.298 e. The number of sulfonamides is 1. The minimum absolute atomic E-state index is 0.0698. The van der Waals surface area contributed by atoms with E-state index in [1.807, 2.05) is 55.5 Å². The van der Waals surface area contributed by atoms with Gasteiger partial charge in [-0.2, -0.15) is 4.31 Å². The van der Waals surface area contributed by atoms with E-state index >= 15 is 0 Å². The molecule has 1 atom stereocenters. The van der Waals surface area contributed by atoms with E-state index < -0.39 is 10.0 Å².